The molecule has 1 fully saturated rings. The van der Waals surface area contributed by atoms with E-state index in [9.17, 15) is 4.79 Å². The summed E-state index contributed by atoms with van der Waals surface area (Å²) in [5.41, 5.74) is 3.51. The van der Waals surface area contributed by atoms with E-state index in [0.29, 0.717) is 47.2 Å². The summed E-state index contributed by atoms with van der Waals surface area (Å²) >= 11 is 1.43. The molecular weight excluding hydrogens is 556 g/mol. The molecule has 0 N–H and O–H groups in total. The van der Waals surface area contributed by atoms with Gasteiger partial charge in [-0.05, 0) is 54.4 Å². The molecule has 1 saturated heterocycles. The lowest BCUT2D eigenvalue weighted by Gasteiger charge is -2.34. The Labute approximate surface area is 246 Å². The number of oxazole rings is 1. The number of fused-ring (bicyclic) bond motifs is 1. The Hall–Kier alpha value is -4.55. The van der Waals surface area contributed by atoms with E-state index in [1.54, 1.807) is 6.26 Å². The molecule has 0 spiro atoms. The summed E-state index contributed by atoms with van der Waals surface area (Å²) in [4.78, 5) is 21.9. The predicted molar refractivity (Wildman–Crippen MR) is 154 cm³/mol. The molecule has 7 rings (SSSR count). The van der Waals surface area contributed by atoms with Crippen LogP contribution < -0.4 is 9.47 Å². The highest BCUT2D eigenvalue weighted by Crippen LogP contribution is 2.33. The third kappa shape index (κ3) is 5.38. The van der Waals surface area contributed by atoms with E-state index in [-0.39, 0.29) is 12.7 Å². The average Bonchev–Trinajstić information content (AvgIpc) is 3.83. The molecule has 1 amide bonds. The number of ether oxygens (including phenoxy) is 2. The first-order valence-corrected chi connectivity index (χ1v) is 14.6. The second kappa shape index (κ2) is 11.4. The average molecular weight is 585 g/mol. The first kappa shape index (κ1) is 26.4. The van der Waals surface area contributed by atoms with Crippen molar-refractivity contribution in [2.75, 3.05) is 33.0 Å². The monoisotopic (exact) mass is 584 g/mol. The number of hydrogen-bond acceptors (Lipinski definition) is 10. The summed E-state index contributed by atoms with van der Waals surface area (Å²) in [5, 5.41) is 9.47. The fraction of sp³-hybridized carbons (Fsp3) is 0.267. The molecule has 0 radical (unpaired) electrons. The quantitative estimate of drug-likeness (QED) is 0.236. The number of nitrogens with zero attached hydrogens (tertiary/aromatic N) is 6. The molecule has 11 nitrogen and oxygen atoms in total. The van der Waals surface area contributed by atoms with Gasteiger partial charge in [0.15, 0.2) is 28.1 Å². The molecule has 2 aliphatic rings. The van der Waals surface area contributed by atoms with Crippen molar-refractivity contribution in [3.8, 4) is 28.8 Å². The van der Waals surface area contributed by atoms with Gasteiger partial charge in [-0.25, -0.2) is 4.98 Å². The fourth-order valence-electron chi connectivity index (χ4n) is 5.10. The van der Waals surface area contributed by atoms with E-state index in [0.717, 1.165) is 47.9 Å². The van der Waals surface area contributed by atoms with Gasteiger partial charge in [0, 0.05) is 32.7 Å². The predicted octanol–water partition coefficient (Wildman–Crippen LogP) is 4.80. The molecule has 0 unspecified atom stereocenters. The van der Waals surface area contributed by atoms with E-state index in [2.05, 4.69) is 32.2 Å². The van der Waals surface area contributed by atoms with Gasteiger partial charge < -0.3 is 23.2 Å². The minimum absolute atomic E-state index is 0.124. The van der Waals surface area contributed by atoms with E-state index < -0.39 is 0 Å². The van der Waals surface area contributed by atoms with Crippen molar-refractivity contribution in [1.82, 2.24) is 29.5 Å². The SMILES string of the molecule is Cc1cccc(-n2c(SCc3nc(C(=O)N4CCN(Cc5ccc6c(c5)OCO6)CC4)co3)nnc2-c2ccco2)c1. The smallest absolute Gasteiger partial charge is 0.275 e. The van der Waals surface area contributed by atoms with E-state index in [1.807, 2.05) is 58.9 Å². The molecule has 0 aliphatic carbocycles. The molecule has 12 heteroatoms. The summed E-state index contributed by atoms with van der Waals surface area (Å²) < 4.78 is 24.1. The van der Waals surface area contributed by atoms with Crippen LogP contribution in [0.3, 0.4) is 0 Å². The Morgan fingerprint density at radius 2 is 1.83 bits per heavy atom. The Kier molecular flexibility index (Phi) is 7.14. The number of hydrogen-bond donors (Lipinski definition) is 0. The van der Waals surface area contributed by atoms with Crippen LogP contribution in [0.2, 0.25) is 0 Å². The van der Waals surface area contributed by atoms with Crippen LogP contribution in [0.25, 0.3) is 17.3 Å². The van der Waals surface area contributed by atoms with E-state index in [1.165, 1.54) is 18.0 Å². The minimum Gasteiger partial charge on any atom is -0.461 e. The van der Waals surface area contributed by atoms with Crippen LogP contribution in [-0.4, -0.2) is 68.4 Å². The lowest BCUT2D eigenvalue weighted by Crippen LogP contribution is -2.48. The number of thioether (sulfide) groups is 1. The molecule has 2 aliphatic heterocycles. The number of carbonyl (C=O) groups is 1. The summed E-state index contributed by atoms with van der Waals surface area (Å²) in [7, 11) is 0. The normalized spacial score (nSPS) is 14.9. The summed E-state index contributed by atoms with van der Waals surface area (Å²) in [6.07, 6.45) is 3.05. The first-order valence-electron chi connectivity index (χ1n) is 13.6. The van der Waals surface area contributed by atoms with Gasteiger partial charge in [0.1, 0.15) is 6.26 Å². The molecule has 0 atom stereocenters. The maximum Gasteiger partial charge on any atom is 0.275 e. The molecule has 3 aromatic heterocycles. The van der Waals surface area contributed by atoms with Crippen LogP contribution in [0, 0.1) is 6.92 Å². The van der Waals surface area contributed by atoms with Crippen LogP contribution in [0.15, 0.2) is 81.1 Å². The third-order valence-electron chi connectivity index (χ3n) is 7.23. The number of aryl methyl sites for hydroxylation is 1. The lowest BCUT2D eigenvalue weighted by atomic mass is 10.1. The molecule has 5 aromatic rings. The van der Waals surface area contributed by atoms with Gasteiger partial charge in [-0.2, -0.15) is 0 Å². The Bertz CT molecular complexity index is 1710. The zero-order valence-corrected chi connectivity index (χ0v) is 23.7. The van der Waals surface area contributed by atoms with Gasteiger partial charge in [0.25, 0.3) is 5.91 Å². The standard InChI is InChI=1S/C30H28N6O5S/c1-20-4-2-5-22(14-20)36-28(25-6-3-13-38-25)32-33-30(36)42-18-27-31-23(17-39-27)29(37)35-11-9-34(10-12-35)16-21-7-8-24-26(15-21)41-19-40-24/h2-8,13-15,17H,9-12,16,18-19H2,1H3. The number of amides is 1. The number of carbonyl (C=O) groups excluding carboxylic acids is 1. The Balaban J connectivity index is 0.982. The highest BCUT2D eigenvalue weighted by molar-refractivity contribution is 7.98. The molecule has 0 saturated carbocycles. The largest absolute Gasteiger partial charge is 0.461 e. The maximum absolute atomic E-state index is 13.2. The van der Waals surface area contributed by atoms with E-state index in [4.69, 9.17) is 18.3 Å². The van der Waals surface area contributed by atoms with Gasteiger partial charge in [0.2, 0.25) is 18.5 Å². The summed E-state index contributed by atoms with van der Waals surface area (Å²) in [5.74, 6) is 3.51. The molecule has 0 bridgehead atoms. The zero-order valence-electron chi connectivity index (χ0n) is 22.9. The van der Waals surface area contributed by atoms with E-state index >= 15 is 0 Å². The molecule has 5 heterocycles. The van der Waals surface area contributed by atoms with Gasteiger partial charge in [-0.1, -0.05) is 30.0 Å². The maximum atomic E-state index is 13.2. The number of aromatic nitrogens is 4. The van der Waals surface area contributed by atoms with Crippen LogP contribution in [-0.2, 0) is 12.3 Å². The number of rotatable bonds is 8. The van der Waals surface area contributed by atoms with Gasteiger partial charge >= 0.3 is 0 Å². The van der Waals surface area contributed by atoms with Crippen LogP contribution in [0.5, 0.6) is 11.5 Å². The highest BCUT2D eigenvalue weighted by Gasteiger charge is 2.26. The molecule has 42 heavy (non-hydrogen) atoms. The topological polar surface area (TPSA) is 112 Å². The second-order valence-electron chi connectivity index (χ2n) is 10.1. The number of benzene rings is 2. The van der Waals surface area contributed by atoms with Crippen molar-refractivity contribution in [3.63, 3.8) is 0 Å². The van der Waals surface area contributed by atoms with Crippen LogP contribution >= 0.6 is 11.8 Å². The molecule has 214 valence electrons. The third-order valence-corrected chi connectivity index (χ3v) is 8.15. The van der Waals surface area contributed by atoms with Crippen LogP contribution in [0.4, 0.5) is 0 Å². The van der Waals surface area contributed by atoms with Crippen molar-refractivity contribution in [2.45, 2.75) is 24.4 Å². The van der Waals surface area contributed by atoms with Gasteiger partial charge in [-0.15, -0.1) is 10.2 Å². The van der Waals surface area contributed by atoms with Crippen molar-refractivity contribution < 1.29 is 23.1 Å². The van der Waals surface area contributed by atoms with Crippen molar-refractivity contribution in [2.24, 2.45) is 0 Å². The van der Waals surface area contributed by atoms with Crippen molar-refractivity contribution in [1.29, 1.82) is 0 Å². The molecule has 2 aromatic carbocycles. The zero-order chi connectivity index (χ0) is 28.5. The minimum atomic E-state index is -0.124. The van der Waals surface area contributed by atoms with Crippen LogP contribution in [0.1, 0.15) is 27.5 Å². The van der Waals surface area contributed by atoms with Gasteiger partial charge in [-0.3, -0.25) is 14.3 Å². The molecular formula is C30H28N6O5S. The van der Waals surface area contributed by atoms with Gasteiger partial charge in [0.05, 0.1) is 17.7 Å². The second-order valence-corrected chi connectivity index (χ2v) is 11.1. The lowest BCUT2D eigenvalue weighted by molar-refractivity contribution is 0.0622. The highest BCUT2D eigenvalue weighted by atomic mass is 32.2. The fourth-order valence-corrected chi connectivity index (χ4v) is 5.90. The summed E-state index contributed by atoms with van der Waals surface area (Å²) in [6, 6.07) is 17.8. The first-order chi connectivity index (χ1) is 20.6. The number of furan rings is 1. The number of piperazine rings is 1. The van der Waals surface area contributed by atoms with Crippen molar-refractivity contribution in [3.05, 3.63) is 89.8 Å². The van der Waals surface area contributed by atoms with Crippen molar-refractivity contribution >= 4 is 17.7 Å². The Morgan fingerprint density at radius 1 is 0.952 bits per heavy atom. The summed E-state index contributed by atoms with van der Waals surface area (Å²) in [6.45, 7) is 5.88. The Morgan fingerprint density at radius 3 is 2.67 bits per heavy atom.